The van der Waals surface area contributed by atoms with E-state index in [9.17, 15) is 4.39 Å². The van der Waals surface area contributed by atoms with E-state index in [0.717, 1.165) is 42.2 Å². The highest BCUT2D eigenvalue weighted by Crippen LogP contribution is 2.33. The number of halogens is 2. The van der Waals surface area contributed by atoms with E-state index >= 15 is 0 Å². The zero-order valence-electron chi connectivity index (χ0n) is 16.7. The zero-order chi connectivity index (χ0) is 20.2. The van der Waals surface area contributed by atoms with Crippen LogP contribution in [-0.4, -0.2) is 22.9 Å². The molecule has 3 aromatic rings. The summed E-state index contributed by atoms with van der Waals surface area (Å²) in [6.45, 7) is 5.39. The van der Waals surface area contributed by atoms with Gasteiger partial charge < -0.3 is 0 Å². The molecular formula is C25H26ClFN2. The Kier molecular flexibility index (Phi) is 6.29. The summed E-state index contributed by atoms with van der Waals surface area (Å²) in [6.07, 6.45) is 1.13. The minimum absolute atomic E-state index is 0.0829. The van der Waals surface area contributed by atoms with E-state index in [1.54, 1.807) is 12.1 Å². The molecule has 1 saturated heterocycles. The molecule has 150 valence electrons. The fourth-order valence-electron chi connectivity index (χ4n) is 4.23. The van der Waals surface area contributed by atoms with Gasteiger partial charge in [-0.05, 0) is 36.6 Å². The number of rotatable bonds is 5. The number of hydrogen-bond donors (Lipinski definition) is 0. The Morgan fingerprint density at radius 2 is 1.52 bits per heavy atom. The SMILES string of the molecule is Cc1cccc([C@@H]2N(Cc3ccccc3F)CCCN2Cc2ccccc2Cl)c1. The Bertz CT molecular complexity index is 919. The topological polar surface area (TPSA) is 6.48 Å². The highest BCUT2D eigenvalue weighted by molar-refractivity contribution is 6.31. The first-order valence-corrected chi connectivity index (χ1v) is 10.5. The van der Waals surface area contributed by atoms with Gasteiger partial charge in [0.15, 0.2) is 0 Å². The first-order chi connectivity index (χ1) is 14.1. The number of aryl methyl sites for hydroxylation is 1. The third-order valence-electron chi connectivity index (χ3n) is 5.59. The van der Waals surface area contributed by atoms with Crippen LogP contribution in [0.25, 0.3) is 0 Å². The van der Waals surface area contributed by atoms with Crippen LogP contribution in [0.4, 0.5) is 4.39 Å². The predicted molar refractivity (Wildman–Crippen MR) is 117 cm³/mol. The Balaban J connectivity index is 1.68. The second kappa shape index (κ2) is 9.08. The summed E-state index contributed by atoms with van der Waals surface area (Å²) < 4.78 is 14.4. The smallest absolute Gasteiger partial charge is 0.127 e. The number of hydrogen-bond acceptors (Lipinski definition) is 2. The van der Waals surface area contributed by atoms with Crippen LogP contribution in [0.5, 0.6) is 0 Å². The van der Waals surface area contributed by atoms with Crippen LogP contribution in [0.15, 0.2) is 72.8 Å². The van der Waals surface area contributed by atoms with Gasteiger partial charge in [-0.1, -0.05) is 77.8 Å². The average molecular weight is 409 g/mol. The predicted octanol–water partition coefficient (Wildman–Crippen LogP) is 6.19. The molecule has 0 N–H and O–H groups in total. The van der Waals surface area contributed by atoms with Gasteiger partial charge in [-0.25, -0.2) is 4.39 Å². The summed E-state index contributed by atoms with van der Waals surface area (Å²) >= 11 is 6.46. The fraction of sp³-hybridized carbons (Fsp3) is 0.280. The standard InChI is InChI=1S/C25H26ClFN2/c1-19-8-6-11-20(16-19)25-28(17-21-9-2-4-12-23(21)26)14-7-15-29(25)18-22-10-3-5-13-24(22)27/h2-6,8-13,16,25H,7,14-15,17-18H2,1H3/t25-/m0/s1. The lowest BCUT2D eigenvalue weighted by atomic mass is 10.0. The van der Waals surface area contributed by atoms with Crippen molar-refractivity contribution in [1.29, 1.82) is 0 Å². The van der Waals surface area contributed by atoms with E-state index < -0.39 is 0 Å². The van der Waals surface area contributed by atoms with Crippen molar-refractivity contribution >= 4 is 11.6 Å². The highest BCUT2D eigenvalue weighted by atomic mass is 35.5. The molecule has 0 bridgehead atoms. The van der Waals surface area contributed by atoms with Crippen LogP contribution >= 0.6 is 11.6 Å². The first kappa shape index (κ1) is 20.1. The van der Waals surface area contributed by atoms with Crippen molar-refractivity contribution in [3.63, 3.8) is 0 Å². The Morgan fingerprint density at radius 3 is 2.21 bits per heavy atom. The van der Waals surface area contributed by atoms with E-state index in [1.807, 2.05) is 30.3 Å². The van der Waals surface area contributed by atoms with E-state index in [1.165, 1.54) is 11.1 Å². The largest absolute Gasteiger partial charge is 0.280 e. The molecule has 1 aliphatic heterocycles. The molecule has 0 aliphatic carbocycles. The van der Waals surface area contributed by atoms with Gasteiger partial charge in [-0.15, -0.1) is 0 Å². The van der Waals surface area contributed by atoms with Gasteiger partial charge in [0.25, 0.3) is 0 Å². The fourth-order valence-corrected chi connectivity index (χ4v) is 4.42. The molecular weight excluding hydrogens is 383 g/mol. The van der Waals surface area contributed by atoms with Gasteiger partial charge in [0.1, 0.15) is 5.82 Å². The molecule has 0 aromatic heterocycles. The van der Waals surface area contributed by atoms with Crippen molar-refractivity contribution in [2.75, 3.05) is 13.1 Å². The van der Waals surface area contributed by atoms with Gasteiger partial charge in [0.2, 0.25) is 0 Å². The van der Waals surface area contributed by atoms with Crippen LogP contribution < -0.4 is 0 Å². The zero-order valence-corrected chi connectivity index (χ0v) is 17.4. The van der Waals surface area contributed by atoms with Crippen LogP contribution in [0.1, 0.15) is 34.8 Å². The summed E-state index contributed by atoms with van der Waals surface area (Å²) in [5.41, 5.74) is 4.34. The van der Waals surface area contributed by atoms with Crippen LogP contribution in [0.2, 0.25) is 5.02 Å². The lowest BCUT2D eigenvalue weighted by Gasteiger charge is -2.44. The van der Waals surface area contributed by atoms with E-state index in [4.69, 9.17) is 11.6 Å². The molecule has 1 fully saturated rings. The quantitative estimate of drug-likeness (QED) is 0.496. The van der Waals surface area contributed by atoms with Gasteiger partial charge in [-0.3, -0.25) is 9.80 Å². The lowest BCUT2D eigenvalue weighted by molar-refractivity contribution is -0.00965. The second-order valence-electron chi connectivity index (χ2n) is 7.77. The van der Waals surface area contributed by atoms with Crippen LogP contribution in [0, 0.1) is 12.7 Å². The van der Waals surface area contributed by atoms with E-state index in [0.29, 0.717) is 6.54 Å². The van der Waals surface area contributed by atoms with Gasteiger partial charge in [-0.2, -0.15) is 0 Å². The molecule has 29 heavy (non-hydrogen) atoms. The Morgan fingerprint density at radius 1 is 0.862 bits per heavy atom. The van der Waals surface area contributed by atoms with Crippen LogP contribution in [-0.2, 0) is 13.1 Å². The molecule has 1 aliphatic rings. The van der Waals surface area contributed by atoms with Crippen molar-refractivity contribution in [3.8, 4) is 0 Å². The molecule has 4 rings (SSSR count). The van der Waals surface area contributed by atoms with Crippen molar-refractivity contribution in [3.05, 3.63) is 106 Å². The average Bonchev–Trinajstić information content (AvgIpc) is 2.72. The van der Waals surface area contributed by atoms with Gasteiger partial charge >= 0.3 is 0 Å². The lowest BCUT2D eigenvalue weighted by Crippen LogP contribution is -2.47. The number of benzene rings is 3. The molecule has 0 saturated carbocycles. The summed E-state index contributed by atoms with van der Waals surface area (Å²) in [5, 5.41) is 0.793. The second-order valence-corrected chi connectivity index (χ2v) is 8.17. The highest BCUT2D eigenvalue weighted by Gasteiger charge is 2.31. The molecule has 2 nitrogen and oxygen atoms in total. The maximum absolute atomic E-state index is 14.4. The third kappa shape index (κ3) is 4.69. The molecule has 0 radical (unpaired) electrons. The maximum Gasteiger partial charge on any atom is 0.127 e. The minimum Gasteiger partial charge on any atom is -0.280 e. The Hall–Kier alpha value is -2.20. The summed E-state index contributed by atoms with van der Waals surface area (Å²) in [6, 6.07) is 23.8. The molecule has 1 atom stereocenters. The van der Waals surface area contributed by atoms with E-state index in [-0.39, 0.29) is 12.0 Å². The summed E-state index contributed by atoms with van der Waals surface area (Å²) in [5.74, 6) is -0.140. The molecule has 1 heterocycles. The van der Waals surface area contributed by atoms with Crippen molar-refractivity contribution < 1.29 is 4.39 Å². The van der Waals surface area contributed by atoms with Crippen LogP contribution in [0.3, 0.4) is 0 Å². The molecule has 3 aromatic carbocycles. The molecule has 0 spiro atoms. The first-order valence-electron chi connectivity index (χ1n) is 10.1. The van der Waals surface area contributed by atoms with Gasteiger partial charge in [0, 0.05) is 36.8 Å². The van der Waals surface area contributed by atoms with Crippen molar-refractivity contribution in [2.24, 2.45) is 0 Å². The molecule has 0 unspecified atom stereocenters. The normalized spacial score (nSPS) is 18.1. The third-order valence-corrected chi connectivity index (χ3v) is 5.95. The Labute approximate surface area is 177 Å². The van der Waals surface area contributed by atoms with E-state index in [2.05, 4.69) is 47.1 Å². The number of nitrogens with zero attached hydrogens (tertiary/aromatic N) is 2. The molecule has 4 heteroatoms. The van der Waals surface area contributed by atoms with Crippen molar-refractivity contribution in [1.82, 2.24) is 9.80 Å². The summed E-state index contributed by atoms with van der Waals surface area (Å²) in [4.78, 5) is 4.84. The van der Waals surface area contributed by atoms with Crippen molar-refractivity contribution in [2.45, 2.75) is 32.6 Å². The van der Waals surface area contributed by atoms with Gasteiger partial charge in [0.05, 0.1) is 6.17 Å². The molecule has 0 amide bonds. The monoisotopic (exact) mass is 408 g/mol. The maximum atomic E-state index is 14.4. The minimum atomic E-state index is -0.140. The summed E-state index contributed by atoms with van der Waals surface area (Å²) in [7, 11) is 0.